The van der Waals surface area contributed by atoms with Crippen LogP contribution in [0.25, 0.3) is 6.08 Å². The van der Waals surface area contributed by atoms with E-state index in [2.05, 4.69) is 5.10 Å². The second-order valence-corrected chi connectivity index (χ2v) is 4.89. The zero-order valence-corrected chi connectivity index (χ0v) is 14.2. The molecule has 0 bridgehead atoms. The van der Waals surface area contributed by atoms with Gasteiger partial charge in [0.25, 0.3) is 0 Å². The third-order valence-electron chi connectivity index (χ3n) is 3.28. The summed E-state index contributed by atoms with van der Waals surface area (Å²) in [5.74, 6) is -0.00313. The van der Waals surface area contributed by atoms with Crippen molar-refractivity contribution < 1.29 is 19.0 Å². The fourth-order valence-corrected chi connectivity index (χ4v) is 2.25. The van der Waals surface area contributed by atoms with Gasteiger partial charge in [0.1, 0.15) is 0 Å². The highest BCUT2D eigenvalue weighted by Gasteiger charge is 2.23. The third kappa shape index (κ3) is 4.16. The Hall–Kier alpha value is -2.76. The molecule has 0 amide bonds. The lowest BCUT2D eigenvalue weighted by Gasteiger charge is -2.06. The number of ether oxygens (including phenoxy) is 3. The predicted octanol–water partition coefficient (Wildman–Crippen LogP) is 3.12. The molecule has 0 aliphatic heterocycles. The molecule has 0 fully saturated rings. The van der Waals surface area contributed by atoms with E-state index >= 15 is 0 Å². The SMILES string of the molecule is CCOC=Cc1c(C(=O)OCC)nn(Cc2ccccc2)c1OC. The summed E-state index contributed by atoms with van der Waals surface area (Å²) in [5, 5.41) is 4.38. The van der Waals surface area contributed by atoms with Gasteiger partial charge in [-0.3, -0.25) is 0 Å². The molecule has 0 aliphatic rings. The summed E-state index contributed by atoms with van der Waals surface area (Å²) in [6, 6.07) is 9.83. The van der Waals surface area contributed by atoms with E-state index in [1.807, 2.05) is 37.3 Å². The van der Waals surface area contributed by atoms with Crippen molar-refractivity contribution in [1.82, 2.24) is 9.78 Å². The molecule has 0 aliphatic carbocycles. The lowest BCUT2D eigenvalue weighted by atomic mass is 10.2. The van der Waals surface area contributed by atoms with E-state index in [4.69, 9.17) is 14.2 Å². The Bertz CT molecular complexity index is 693. The van der Waals surface area contributed by atoms with E-state index in [1.165, 1.54) is 6.26 Å². The van der Waals surface area contributed by atoms with Crippen LogP contribution in [0, 0.1) is 0 Å². The Morgan fingerprint density at radius 2 is 1.96 bits per heavy atom. The van der Waals surface area contributed by atoms with Crippen molar-refractivity contribution in [3.8, 4) is 5.88 Å². The maximum absolute atomic E-state index is 12.2. The van der Waals surface area contributed by atoms with Crippen LogP contribution in [0.4, 0.5) is 0 Å². The molecule has 0 spiro atoms. The van der Waals surface area contributed by atoms with Gasteiger partial charge in [0, 0.05) is 0 Å². The molecule has 0 N–H and O–H groups in total. The van der Waals surface area contributed by atoms with Crippen molar-refractivity contribution >= 4 is 12.0 Å². The van der Waals surface area contributed by atoms with Crippen LogP contribution in [-0.2, 0) is 16.0 Å². The molecule has 0 unspecified atom stereocenters. The molecule has 1 aromatic heterocycles. The average molecular weight is 330 g/mol. The highest BCUT2D eigenvalue weighted by atomic mass is 16.5. The van der Waals surface area contributed by atoms with Crippen LogP contribution in [0.15, 0.2) is 36.6 Å². The monoisotopic (exact) mass is 330 g/mol. The minimum Gasteiger partial charge on any atom is -0.501 e. The van der Waals surface area contributed by atoms with Crippen LogP contribution in [0.3, 0.4) is 0 Å². The topological polar surface area (TPSA) is 62.6 Å². The molecule has 0 saturated heterocycles. The summed E-state index contributed by atoms with van der Waals surface area (Å²) < 4.78 is 17.4. The van der Waals surface area contributed by atoms with Gasteiger partial charge in [-0.05, 0) is 25.5 Å². The summed E-state index contributed by atoms with van der Waals surface area (Å²) in [6.07, 6.45) is 3.19. The Balaban J connectivity index is 2.43. The van der Waals surface area contributed by atoms with Gasteiger partial charge >= 0.3 is 5.97 Å². The molecule has 128 valence electrons. The number of benzene rings is 1. The van der Waals surface area contributed by atoms with Crippen molar-refractivity contribution in [3.63, 3.8) is 0 Å². The quantitative estimate of drug-likeness (QED) is 0.550. The fourth-order valence-electron chi connectivity index (χ4n) is 2.25. The molecule has 1 heterocycles. The molecule has 0 radical (unpaired) electrons. The number of nitrogens with zero attached hydrogens (tertiary/aromatic N) is 2. The largest absolute Gasteiger partial charge is 0.501 e. The Morgan fingerprint density at radius 3 is 2.58 bits per heavy atom. The molecular formula is C18H22N2O4. The maximum atomic E-state index is 12.2. The van der Waals surface area contributed by atoms with Crippen molar-refractivity contribution in [2.75, 3.05) is 20.3 Å². The Morgan fingerprint density at radius 1 is 1.21 bits per heavy atom. The van der Waals surface area contributed by atoms with E-state index in [9.17, 15) is 4.79 Å². The number of carbonyl (C=O) groups excluding carboxylic acids is 1. The minimum absolute atomic E-state index is 0.209. The van der Waals surface area contributed by atoms with E-state index in [0.29, 0.717) is 24.6 Å². The smallest absolute Gasteiger partial charge is 0.359 e. The van der Waals surface area contributed by atoms with Crippen LogP contribution < -0.4 is 4.74 Å². The van der Waals surface area contributed by atoms with Crippen LogP contribution in [0.5, 0.6) is 5.88 Å². The number of methoxy groups -OCH3 is 1. The van der Waals surface area contributed by atoms with Crippen LogP contribution in [0.1, 0.15) is 35.5 Å². The summed E-state index contributed by atoms with van der Waals surface area (Å²) in [6.45, 7) is 4.93. The highest BCUT2D eigenvalue weighted by Crippen LogP contribution is 2.26. The second-order valence-electron chi connectivity index (χ2n) is 4.89. The van der Waals surface area contributed by atoms with Gasteiger partial charge in [0.15, 0.2) is 5.69 Å². The van der Waals surface area contributed by atoms with Gasteiger partial charge in [0.05, 0.1) is 38.7 Å². The Labute approximate surface area is 141 Å². The molecule has 0 atom stereocenters. The number of esters is 1. The van der Waals surface area contributed by atoms with Crippen molar-refractivity contribution in [2.24, 2.45) is 0 Å². The van der Waals surface area contributed by atoms with Crippen molar-refractivity contribution in [3.05, 3.63) is 53.4 Å². The second kappa shape index (κ2) is 8.76. The number of rotatable bonds is 8. The van der Waals surface area contributed by atoms with Crippen molar-refractivity contribution in [1.29, 1.82) is 0 Å². The van der Waals surface area contributed by atoms with Crippen LogP contribution in [0.2, 0.25) is 0 Å². The molecule has 2 aromatic rings. The number of carbonyl (C=O) groups is 1. The maximum Gasteiger partial charge on any atom is 0.359 e. The first-order chi connectivity index (χ1) is 11.7. The van der Waals surface area contributed by atoms with Crippen LogP contribution in [-0.4, -0.2) is 36.1 Å². The third-order valence-corrected chi connectivity index (χ3v) is 3.28. The molecule has 0 saturated carbocycles. The first kappa shape index (κ1) is 17.6. The summed E-state index contributed by atoms with van der Waals surface area (Å²) in [4.78, 5) is 12.2. The van der Waals surface area contributed by atoms with Gasteiger partial charge in [-0.15, -0.1) is 0 Å². The summed E-state index contributed by atoms with van der Waals surface area (Å²) >= 11 is 0. The van der Waals surface area contributed by atoms with E-state index < -0.39 is 5.97 Å². The summed E-state index contributed by atoms with van der Waals surface area (Å²) in [5.41, 5.74) is 1.80. The number of aromatic nitrogens is 2. The van der Waals surface area contributed by atoms with E-state index in [1.54, 1.807) is 24.8 Å². The molecule has 24 heavy (non-hydrogen) atoms. The van der Waals surface area contributed by atoms with Gasteiger partial charge < -0.3 is 14.2 Å². The number of hydrogen-bond acceptors (Lipinski definition) is 5. The molecule has 6 heteroatoms. The minimum atomic E-state index is -0.487. The lowest BCUT2D eigenvalue weighted by molar-refractivity contribution is 0.0518. The molecular weight excluding hydrogens is 308 g/mol. The van der Waals surface area contributed by atoms with E-state index in [-0.39, 0.29) is 12.3 Å². The first-order valence-corrected chi connectivity index (χ1v) is 7.85. The normalized spacial score (nSPS) is 10.8. The van der Waals surface area contributed by atoms with Gasteiger partial charge in [-0.1, -0.05) is 30.3 Å². The zero-order chi connectivity index (χ0) is 17.4. The number of hydrogen-bond donors (Lipinski definition) is 0. The molecule has 2 rings (SSSR count). The van der Waals surface area contributed by atoms with Gasteiger partial charge in [-0.2, -0.15) is 5.10 Å². The lowest BCUT2D eigenvalue weighted by Crippen LogP contribution is -2.08. The highest BCUT2D eigenvalue weighted by molar-refractivity contribution is 5.92. The van der Waals surface area contributed by atoms with Gasteiger partial charge in [0.2, 0.25) is 5.88 Å². The zero-order valence-electron chi connectivity index (χ0n) is 14.2. The predicted molar refractivity (Wildman–Crippen MR) is 90.9 cm³/mol. The Kier molecular flexibility index (Phi) is 6.42. The standard InChI is InChI=1S/C18H22N2O4/c1-4-23-12-11-15-16(18(21)24-5-2)19-20(17(15)22-3)13-14-9-7-6-8-10-14/h6-12H,4-5,13H2,1-3H3. The van der Waals surface area contributed by atoms with Crippen LogP contribution >= 0.6 is 0 Å². The van der Waals surface area contributed by atoms with Crippen molar-refractivity contribution in [2.45, 2.75) is 20.4 Å². The van der Waals surface area contributed by atoms with E-state index in [0.717, 1.165) is 5.56 Å². The van der Waals surface area contributed by atoms with Gasteiger partial charge in [-0.25, -0.2) is 9.48 Å². The molecule has 6 nitrogen and oxygen atoms in total. The first-order valence-electron chi connectivity index (χ1n) is 7.85. The summed E-state index contributed by atoms with van der Waals surface area (Å²) in [7, 11) is 1.55. The average Bonchev–Trinajstić information content (AvgIpc) is 2.94. The molecule has 1 aromatic carbocycles. The fraction of sp³-hybridized carbons (Fsp3) is 0.333.